The largest absolute Gasteiger partial charge is 0.444 e. The second kappa shape index (κ2) is 12.5. The zero-order chi connectivity index (χ0) is 29.7. The van der Waals surface area contributed by atoms with Crippen LogP contribution < -0.4 is 10.6 Å². The van der Waals surface area contributed by atoms with Gasteiger partial charge in [0.2, 0.25) is 5.91 Å². The monoisotopic (exact) mass is 553 g/mol. The molecule has 0 aliphatic heterocycles. The molecular formula is C34H39N3O4. The van der Waals surface area contributed by atoms with E-state index < -0.39 is 23.8 Å². The van der Waals surface area contributed by atoms with Gasteiger partial charge in [-0.05, 0) is 80.5 Å². The number of anilines is 1. The molecule has 3 aromatic carbocycles. The fourth-order valence-corrected chi connectivity index (χ4v) is 5.05. The molecule has 0 heterocycles. The number of hydrogen-bond donors (Lipinski definition) is 2. The molecule has 2 atom stereocenters. The fraction of sp³-hybridized carbons (Fsp3) is 0.382. The van der Waals surface area contributed by atoms with Gasteiger partial charge in [-0.15, -0.1) is 6.42 Å². The number of terminal acetylenes is 1. The molecule has 0 saturated heterocycles. The van der Waals surface area contributed by atoms with Crippen molar-refractivity contribution in [2.45, 2.75) is 77.6 Å². The lowest BCUT2D eigenvalue weighted by Gasteiger charge is -2.44. The Morgan fingerprint density at radius 1 is 0.976 bits per heavy atom. The van der Waals surface area contributed by atoms with Crippen molar-refractivity contribution in [3.63, 3.8) is 0 Å². The van der Waals surface area contributed by atoms with Crippen molar-refractivity contribution in [3.05, 3.63) is 77.9 Å². The van der Waals surface area contributed by atoms with Crippen LogP contribution in [0.2, 0.25) is 0 Å². The number of amides is 3. The molecule has 0 radical (unpaired) electrons. The first kappa shape index (κ1) is 29.7. The highest BCUT2D eigenvalue weighted by Crippen LogP contribution is 2.36. The van der Waals surface area contributed by atoms with Crippen LogP contribution in [0.4, 0.5) is 10.5 Å². The van der Waals surface area contributed by atoms with E-state index in [0.717, 1.165) is 30.0 Å². The molecule has 1 fully saturated rings. The van der Waals surface area contributed by atoms with Gasteiger partial charge in [0.25, 0.3) is 5.91 Å². The first-order chi connectivity index (χ1) is 19.5. The van der Waals surface area contributed by atoms with E-state index in [2.05, 4.69) is 16.6 Å². The summed E-state index contributed by atoms with van der Waals surface area (Å²) < 4.78 is 5.47. The zero-order valence-electron chi connectivity index (χ0n) is 24.4. The summed E-state index contributed by atoms with van der Waals surface area (Å²) in [5.74, 6) is 1.71. The number of nitrogens with zero attached hydrogens (tertiary/aromatic N) is 1. The quantitative estimate of drug-likeness (QED) is 0.315. The van der Waals surface area contributed by atoms with Crippen LogP contribution >= 0.6 is 0 Å². The van der Waals surface area contributed by atoms with Crippen molar-refractivity contribution in [3.8, 4) is 12.3 Å². The van der Waals surface area contributed by atoms with Crippen LogP contribution in [0.3, 0.4) is 0 Å². The van der Waals surface area contributed by atoms with E-state index in [1.165, 1.54) is 0 Å². The molecule has 0 spiro atoms. The second-order valence-electron chi connectivity index (χ2n) is 11.9. The Labute approximate surface area is 242 Å². The van der Waals surface area contributed by atoms with E-state index in [1.54, 1.807) is 37.8 Å². The van der Waals surface area contributed by atoms with Crippen molar-refractivity contribution in [2.24, 2.45) is 5.92 Å². The van der Waals surface area contributed by atoms with Crippen LogP contribution in [0, 0.1) is 18.3 Å². The molecule has 3 aromatic rings. The van der Waals surface area contributed by atoms with Crippen LogP contribution in [0.1, 0.15) is 71.0 Å². The first-order valence-electron chi connectivity index (χ1n) is 14.2. The molecule has 0 bridgehead atoms. The summed E-state index contributed by atoms with van der Waals surface area (Å²) in [4.78, 5) is 43.0. The predicted octanol–water partition coefficient (Wildman–Crippen LogP) is 6.43. The Morgan fingerprint density at radius 2 is 1.63 bits per heavy atom. The number of carbonyl (C=O) groups is 3. The lowest BCUT2D eigenvalue weighted by Crippen LogP contribution is -2.58. The van der Waals surface area contributed by atoms with E-state index in [0.29, 0.717) is 16.8 Å². The van der Waals surface area contributed by atoms with Gasteiger partial charge in [0, 0.05) is 17.3 Å². The Kier molecular flexibility index (Phi) is 9.02. The molecule has 1 aliphatic carbocycles. The number of nitrogens with one attached hydrogen (secondary N) is 2. The molecular weight excluding hydrogens is 514 g/mol. The number of carbonyl (C=O) groups excluding carboxylic acids is 3. The third-order valence-electron chi connectivity index (χ3n) is 7.28. The normalized spacial score (nSPS) is 14.9. The zero-order valence-corrected chi connectivity index (χ0v) is 24.4. The van der Waals surface area contributed by atoms with Crippen LogP contribution in [-0.4, -0.2) is 40.5 Å². The topological polar surface area (TPSA) is 87.7 Å². The van der Waals surface area contributed by atoms with Gasteiger partial charge in [-0.2, -0.15) is 0 Å². The third kappa shape index (κ3) is 7.07. The molecule has 4 rings (SSSR count). The van der Waals surface area contributed by atoms with E-state index in [-0.39, 0.29) is 23.8 Å². The van der Waals surface area contributed by atoms with Gasteiger partial charge in [-0.25, -0.2) is 4.79 Å². The van der Waals surface area contributed by atoms with Crippen LogP contribution in [-0.2, 0) is 14.3 Å². The van der Waals surface area contributed by atoms with Crippen molar-refractivity contribution in [1.29, 1.82) is 0 Å². The maximum absolute atomic E-state index is 14.4. The summed E-state index contributed by atoms with van der Waals surface area (Å²) in [6.07, 6.45) is 7.64. The van der Waals surface area contributed by atoms with E-state index in [1.807, 2.05) is 68.4 Å². The average Bonchev–Trinajstić information content (AvgIpc) is 2.89. The Bertz CT molecular complexity index is 1460. The lowest BCUT2D eigenvalue weighted by molar-refractivity contribution is -0.146. The third-order valence-corrected chi connectivity index (χ3v) is 7.28. The van der Waals surface area contributed by atoms with Gasteiger partial charge >= 0.3 is 6.09 Å². The van der Waals surface area contributed by atoms with Crippen LogP contribution in [0.15, 0.2) is 66.7 Å². The van der Waals surface area contributed by atoms with Gasteiger partial charge in [0.15, 0.2) is 0 Å². The first-order valence-corrected chi connectivity index (χ1v) is 14.2. The minimum Gasteiger partial charge on any atom is -0.444 e. The molecule has 2 N–H and O–H groups in total. The summed E-state index contributed by atoms with van der Waals surface area (Å²) in [7, 11) is 0. The summed E-state index contributed by atoms with van der Waals surface area (Å²) >= 11 is 0. The molecule has 1 saturated carbocycles. The fourth-order valence-electron chi connectivity index (χ4n) is 5.05. The summed E-state index contributed by atoms with van der Waals surface area (Å²) in [5.41, 5.74) is 0.985. The standard InChI is InChI=1S/C34H39N3O4/c1-7-23-13-10-11-18-28(23)30(31(38)35-26-20-19-24-14-8-9-15-25(24)21-26)37(27-16-12-17-27)32(39)29(22(2)3)36-33(40)41-34(4,5)6/h1,8-11,13-15,18-22,27,29-30H,12,16-17H2,2-6H3,(H,35,38)(H,36,40). The minimum absolute atomic E-state index is 0.178. The van der Waals surface area contributed by atoms with Gasteiger partial charge in [-0.1, -0.05) is 68.3 Å². The maximum Gasteiger partial charge on any atom is 0.408 e. The molecule has 0 aromatic heterocycles. The highest BCUT2D eigenvalue weighted by molar-refractivity contribution is 6.01. The Balaban J connectivity index is 1.75. The second-order valence-corrected chi connectivity index (χ2v) is 11.9. The molecule has 2 unspecified atom stereocenters. The highest BCUT2D eigenvalue weighted by atomic mass is 16.6. The van der Waals surface area contributed by atoms with Gasteiger partial charge in [-0.3, -0.25) is 9.59 Å². The van der Waals surface area contributed by atoms with E-state index in [4.69, 9.17) is 11.2 Å². The number of alkyl carbamates (subject to hydrolysis) is 1. The van der Waals surface area contributed by atoms with Crippen molar-refractivity contribution in [1.82, 2.24) is 10.2 Å². The molecule has 41 heavy (non-hydrogen) atoms. The van der Waals surface area contributed by atoms with Gasteiger partial charge in [0.1, 0.15) is 17.7 Å². The minimum atomic E-state index is -1.01. The van der Waals surface area contributed by atoms with Crippen LogP contribution in [0.5, 0.6) is 0 Å². The van der Waals surface area contributed by atoms with Crippen molar-refractivity contribution < 1.29 is 19.1 Å². The van der Waals surface area contributed by atoms with E-state index in [9.17, 15) is 14.4 Å². The lowest BCUT2D eigenvalue weighted by atomic mass is 9.86. The Morgan fingerprint density at radius 3 is 2.24 bits per heavy atom. The number of benzene rings is 3. The molecule has 7 nitrogen and oxygen atoms in total. The number of fused-ring (bicyclic) bond motifs is 1. The predicted molar refractivity (Wildman–Crippen MR) is 162 cm³/mol. The van der Waals surface area contributed by atoms with Crippen molar-refractivity contribution >= 4 is 34.4 Å². The summed E-state index contributed by atoms with van der Waals surface area (Å²) in [6, 6.07) is 18.7. The average molecular weight is 554 g/mol. The van der Waals surface area contributed by atoms with Crippen LogP contribution in [0.25, 0.3) is 10.8 Å². The summed E-state index contributed by atoms with van der Waals surface area (Å²) in [5, 5.41) is 7.86. The molecule has 3 amide bonds. The smallest absolute Gasteiger partial charge is 0.408 e. The molecule has 1 aliphatic rings. The van der Waals surface area contributed by atoms with Gasteiger partial charge in [0.05, 0.1) is 0 Å². The van der Waals surface area contributed by atoms with E-state index >= 15 is 0 Å². The number of rotatable bonds is 8. The Hall–Kier alpha value is -4.31. The van der Waals surface area contributed by atoms with Gasteiger partial charge < -0.3 is 20.3 Å². The summed E-state index contributed by atoms with van der Waals surface area (Å²) in [6.45, 7) is 9.02. The maximum atomic E-state index is 14.4. The number of ether oxygens (including phenoxy) is 1. The molecule has 7 heteroatoms. The van der Waals surface area contributed by atoms with Crippen molar-refractivity contribution in [2.75, 3.05) is 5.32 Å². The highest BCUT2D eigenvalue weighted by Gasteiger charge is 2.43. The SMILES string of the molecule is C#Cc1ccccc1C(C(=O)Nc1ccc2ccccc2c1)N(C(=O)C(NC(=O)OC(C)(C)C)C(C)C)C1CCC1. The molecule has 214 valence electrons. The number of hydrogen-bond acceptors (Lipinski definition) is 4.